The molecule has 1 saturated heterocycles. The molecule has 0 spiro atoms. The summed E-state index contributed by atoms with van der Waals surface area (Å²) in [4.78, 5) is 13.2. The lowest BCUT2D eigenvalue weighted by Gasteiger charge is -2.36. The third-order valence-electron chi connectivity index (χ3n) is 3.90. The SMILES string of the molecule is CC(C)(C)Nc1ccnc(N2CCN(c3ccccc3F)CC2)n1. The minimum absolute atomic E-state index is 0.0465. The molecular formula is C18H24FN5. The topological polar surface area (TPSA) is 44.3 Å². The van der Waals surface area contributed by atoms with E-state index in [2.05, 4.69) is 45.9 Å². The molecule has 128 valence electrons. The summed E-state index contributed by atoms with van der Waals surface area (Å²) >= 11 is 0. The second-order valence-electron chi connectivity index (χ2n) is 7.04. The first kappa shape index (κ1) is 16.5. The third-order valence-corrected chi connectivity index (χ3v) is 3.90. The lowest BCUT2D eigenvalue weighted by molar-refractivity contribution is 0.593. The number of piperazine rings is 1. The number of hydrogen-bond donors (Lipinski definition) is 1. The van der Waals surface area contributed by atoms with Gasteiger partial charge in [-0.15, -0.1) is 0 Å². The maximum atomic E-state index is 13.9. The zero-order valence-corrected chi connectivity index (χ0v) is 14.5. The molecule has 3 rings (SSSR count). The summed E-state index contributed by atoms with van der Waals surface area (Å²) in [5.41, 5.74) is 0.621. The van der Waals surface area contributed by atoms with Crippen molar-refractivity contribution in [3.05, 3.63) is 42.3 Å². The van der Waals surface area contributed by atoms with Crippen molar-refractivity contribution in [2.45, 2.75) is 26.3 Å². The van der Waals surface area contributed by atoms with E-state index >= 15 is 0 Å². The van der Waals surface area contributed by atoms with Crippen LogP contribution in [0, 0.1) is 5.82 Å². The molecule has 1 aromatic carbocycles. The number of nitrogens with zero attached hydrogens (tertiary/aromatic N) is 4. The van der Waals surface area contributed by atoms with E-state index in [4.69, 9.17) is 0 Å². The second kappa shape index (κ2) is 6.63. The number of benzene rings is 1. The number of aromatic nitrogens is 2. The van der Waals surface area contributed by atoms with Crippen LogP contribution >= 0.6 is 0 Å². The molecule has 2 heterocycles. The molecule has 5 nitrogen and oxygen atoms in total. The molecule has 1 aromatic heterocycles. The lowest BCUT2D eigenvalue weighted by Crippen LogP contribution is -2.47. The fourth-order valence-electron chi connectivity index (χ4n) is 2.81. The molecule has 0 unspecified atom stereocenters. The summed E-state index contributed by atoms with van der Waals surface area (Å²) in [5.74, 6) is 1.38. The number of nitrogens with one attached hydrogen (secondary N) is 1. The summed E-state index contributed by atoms with van der Waals surface area (Å²) in [7, 11) is 0. The first-order chi connectivity index (χ1) is 11.4. The fourth-order valence-corrected chi connectivity index (χ4v) is 2.81. The average Bonchev–Trinajstić information content (AvgIpc) is 2.54. The lowest BCUT2D eigenvalue weighted by atomic mass is 10.1. The molecular weight excluding hydrogens is 305 g/mol. The standard InChI is InChI=1S/C18H24FN5/c1-18(2,3)22-16-8-9-20-17(21-16)24-12-10-23(11-13-24)15-7-5-4-6-14(15)19/h4-9H,10-13H2,1-3H3,(H,20,21,22). The molecule has 1 fully saturated rings. The van der Waals surface area contributed by atoms with Crippen LogP contribution in [0.4, 0.5) is 21.8 Å². The maximum Gasteiger partial charge on any atom is 0.227 e. The summed E-state index contributed by atoms with van der Waals surface area (Å²) < 4.78 is 13.9. The minimum Gasteiger partial charge on any atom is -0.366 e. The van der Waals surface area contributed by atoms with E-state index in [1.807, 2.05) is 18.2 Å². The van der Waals surface area contributed by atoms with Gasteiger partial charge in [0.2, 0.25) is 5.95 Å². The quantitative estimate of drug-likeness (QED) is 0.937. The summed E-state index contributed by atoms with van der Waals surface area (Å²) in [6, 6.07) is 8.80. The van der Waals surface area contributed by atoms with Gasteiger partial charge in [-0.05, 0) is 39.0 Å². The van der Waals surface area contributed by atoms with Gasteiger partial charge in [0.05, 0.1) is 5.69 Å². The highest BCUT2D eigenvalue weighted by atomic mass is 19.1. The first-order valence-electron chi connectivity index (χ1n) is 8.28. The number of anilines is 3. The molecule has 0 saturated carbocycles. The Kier molecular flexibility index (Phi) is 4.55. The molecule has 0 amide bonds. The van der Waals surface area contributed by atoms with Crippen molar-refractivity contribution < 1.29 is 4.39 Å². The number of hydrogen-bond acceptors (Lipinski definition) is 5. The molecule has 0 aliphatic carbocycles. The van der Waals surface area contributed by atoms with Gasteiger partial charge in [0.1, 0.15) is 11.6 Å². The summed E-state index contributed by atoms with van der Waals surface area (Å²) in [6.45, 7) is 9.34. The largest absolute Gasteiger partial charge is 0.366 e. The van der Waals surface area contributed by atoms with Crippen LogP contribution in [-0.2, 0) is 0 Å². The number of para-hydroxylation sites is 1. The smallest absolute Gasteiger partial charge is 0.227 e. The monoisotopic (exact) mass is 329 g/mol. The highest BCUT2D eigenvalue weighted by molar-refractivity contribution is 5.50. The Balaban J connectivity index is 1.67. The van der Waals surface area contributed by atoms with Crippen LogP contribution in [0.25, 0.3) is 0 Å². The Morgan fingerprint density at radius 2 is 1.67 bits per heavy atom. The third kappa shape index (κ3) is 3.93. The predicted octanol–water partition coefficient (Wildman–Crippen LogP) is 3.15. The van der Waals surface area contributed by atoms with Crippen molar-refractivity contribution in [3.63, 3.8) is 0 Å². The van der Waals surface area contributed by atoms with Crippen LogP contribution in [0.3, 0.4) is 0 Å². The Bertz CT molecular complexity index is 690. The van der Waals surface area contributed by atoms with E-state index in [-0.39, 0.29) is 11.4 Å². The second-order valence-corrected chi connectivity index (χ2v) is 7.04. The van der Waals surface area contributed by atoms with Crippen molar-refractivity contribution in [1.82, 2.24) is 9.97 Å². The fraction of sp³-hybridized carbons (Fsp3) is 0.444. The van der Waals surface area contributed by atoms with Gasteiger partial charge in [0.25, 0.3) is 0 Å². The van der Waals surface area contributed by atoms with Gasteiger partial charge < -0.3 is 15.1 Å². The Morgan fingerprint density at radius 1 is 1.00 bits per heavy atom. The molecule has 1 aliphatic heterocycles. The van der Waals surface area contributed by atoms with Crippen LogP contribution in [0.2, 0.25) is 0 Å². The highest BCUT2D eigenvalue weighted by Crippen LogP contribution is 2.22. The van der Waals surface area contributed by atoms with Gasteiger partial charge in [0.15, 0.2) is 0 Å². The van der Waals surface area contributed by atoms with Gasteiger partial charge >= 0.3 is 0 Å². The summed E-state index contributed by atoms with van der Waals surface area (Å²) in [5, 5.41) is 3.36. The molecule has 0 radical (unpaired) electrons. The van der Waals surface area contributed by atoms with E-state index in [1.54, 1.807) is 12.3 Å². The summed E-state index contributed by atoms with van der Waals surface area (Å²) in [6.07, 6.45) is 1.78. The average molecular weight is 329 g/mol. The van der Waals surface area contributed by atoms with Crippen molar-refractivity contribution in [1.29, 1.82) is 0 Å². The predicted molar refractivity (Wildman–Crippen MR) is 96.2 cm³/mol. The van der Waals surface area contributed by atoms with Crippen molar-refractivity contribution in [2.75, 3.05) is 41.3 Å². The Labute approximate surface area is 142 Å². The minimum atomic E-state index is -0.168. The normalized spacial score (nSPS) is 15.5. The van der Waals surface area contributed by atoms with Crippen LogP contribution in [0.5, 0.6) is 0 Å². The Hall–Kier alpha value is -2.37. The molecule has 24 heavy (non-hydrogen) atoms. The van der Waals surface area contributed by atoms with Gasteiger partial charge in [-0.1, -0.05) is 12.1 Å². The molecule has 1 N–H and O–H groups in total. The van der Waals surface area contributed by atoms with Crippen molar-refractivity contribution in [3.8, 4) is 0 Å². The van der Waals surface area contributed by atoms with Crippen LogP contribution in [0.15, 0.2) is 36.5 Å². The zero-order chi connectivity index (χ0) is 17.2. The van der Waals surface area contributed by atoms with Gasteiger partial charge in [0, 0.05) is 37.9 Å². The molecule has 2 aromatic rings. The van der Waals surface area contributed by atoms with Crippen LogP contribution in [0.1, 0.15) is 20.8 Å². The molecule has 1 aliphatic rings. The van der Waals surface area contributed by atoms with Gasteiger partial charge in [-0.3, -0.25) is 0 Å². The maximum absolute atomic E-state index is 13.9. The van der Waals surface area contributed by atoms with Crippen LogP contribution in [-0.4, -0.2) is 41.7 Å². The first-order valence-corrected chi connectivity index (χ1v) is 8.28. The number of rotatable bonds is 3. The van der Waals surface area contributed by atoms with E-state index in [0.717, 1.165) is 37.9 Å². The zero-order valence-electron chi connectivity index (χ0n) is 14.5. The van der Waals surface area contributed by atoms with E-state index < -0.39 is 0 Å². The van der Waals surface area contributed by atoms with Crippen molar-refractivity contribution in [2.24, 2.45) is 0 Å². The highest BCUT2D eigenvalue weighted by Gasteiger charge is 2.21. The van der Waals surface area contributed by atoms with E-state index in [0.29, 0.717) is 5.69 Å². The molecule has 0 atom stereocenters. The Morgan fingerprint density at radius 3 is 2.33 bits per heavy atom. The van der Waals surface area contributed by atoms with Gasteiger partial charge in [-0.25, -0.2) is 9.37 Å². The number of halogens is 1. The van der Waals surface area contributed by atoms with Crippen LogP contribution < -0.4 is 15.1 Å². The van der Waals surface area contributed by atoms with E-state index in [1.165, 1.54) is 6.07 Å². The van der Waals surface area contributed by atoms with Gasteiger partial charge in [-0.2, -0.15) is 4.98 Å². The van der Waals surface area contributed by atoms with Crippen molar-refractivity contribution >= 4 is 17.5 Å². The molecule has 0 bridgehead atoms. The molecule has 6 heteroatoms. The van der Waals surface area contributed by atoms with E-state index in [9.17, 15) is 4.39 Å².